The molecule has 0 radical (unpaired) electrons. The molecule has 0 saturated carbocycles. The van der Waals surface area contributed by atoms with Crippen molar-refractivity contribution in [2.45, 2.75) is 17.0 Å². The molecule has 0 aliphatic rings. The molecule has 108 valence electrons. The number of hydrogen-bond donors (Lipinski definition) is 1. The zero-order valence-corrected chi connectivity index (χ0v) is 13.5. The second kappa shape index (κ2) is 6.05. The Bertz CT molecular complexity index is 753. The van der Waals surface area contributed by atoms with Crippen LogP contribution in [0.3, 0.4) is 0 Å². The summed E-state index contributed by atoms with van der Waals surface area (Å²) in [5.41, 5.74) is 8.43. The Balaban J connectivity index is 1.85. The van der Waals surface area contributed by atoms with Crippen LogP contribution in [0.4, 0.5) is 5.13 Å². The first-order valence-electron chi connectivity index (χ1n) is 6.16. The minimum absolute atomic E-state index is 0.472. The lowest BCUT2D eigenvalue weighted by Gasteiger charge is -2.02. The van der Waals surface area contributed by atoms with Crippen LogP contribution in [0.5, 0.6) is 0 Å². The van der Waals surface area contributed by atoms with Crippen LogP contribution in [0, 0.1) is 6.92 Å². The van der Waals surface area contributed by atoms with Gasteiger partial charge in [-0.25, -0.2) is 4.68 Å². The quantitative estimate of drug-likeness (QED) is 0.737. The Kier molecular flexibility index (Phi) is 4.14. The van der Waals surface area contributed by atoms with Gasteiger partial charge in [0, 0.05) is 11.3 Å². The molecule has 0 aliphatic carbocycles. The third-order valence-electron chi connectivity index (χ3n) is 2.88. The van der Waals surface area contributed by atoms with Crippen molar-refractivity contribution in [3.05, 3.63) is 46.7 Å². The number of halogens is 1. The van der Waals surface area contributed by atoms with Crippen molar-refractivity contribution in [2.75, 3.05) is 5.73 Å². The van der Waals surface area contributed by atoms with Crippen LogP contribution in [0.25, 0.3) is 5.69 Å². The summed E-state index contributed by atoms with van der Waals surface area (Å²) < 4.78 is 2.58. The van der Waals surface area contributed by atoms with E-state index >= 15 is 0 Å². The average molecular weight is 338 g/mol. The van der Waals surface area contributed by atoms with Gasteiger partial charge in [-0.1, -0.05) is 52.9 Å². The molecule has 0 saturated heterocycles. The summed E-state index contributed by atoms with van der Waals surface area (Å²) in [6.07, 6.45) is 0. The van der Waals surface area contributed by atoms with Crippen LogP contribution in [-0.2, 0) is 5.75 Å². The molecule has 0 atom stereocenters. The second-order valence-corrected chi connectivity index (χ2v) is 6.89. The van der Waals surface area contributed by atoms with Gasteiger partial charge in [-0.05, 0) is 19.1 Å². The molecule has 3 aromatic rings. The van der Waals surface area contributed by atoms with E-state index in [1.165, 1.54) is 11.3 Å². The fourth-order valence-electron chi connectivity index (χ4n) is 1.85. The topological polar surface area (TPSA) is 69.6 Å². The van der Waals surface area contributed by atoms with Gasteiger partial charge in [0.25, 0.3) is 0 Å². The standard InChI is InChI=1S/C13H12ClN5S2/c1-8-10(7-20-13-17-16-12(15)21-13)11(14)19(18-8)9-5-3-2-4-6-9/h2-6H,7H2,1H3,(H2,15,16). The summed E-state index contributed by atoms with van der Waals surface area (Å²) in [6.45, 7) is 1.95. The van der Waals surface area contributed by atoms with E-state index in [4.69, 9.17) is 17.3 Å². The van der Waals surface area contributed by atoms with Gasteiger partial charge in [-0.3, -0.25) is 0 Å². The van der Waals surface area contributed by atoms with E-state index in [0.29, 0.717) is 16.0 Å². The third-order valence-corrected chi connectivity index (χ3v) is 5.18. The lowest BCUT2D eigenvalue weighted by Crippen LogP contribution is -1.95. The number of aryl methyl sites for hydroxylation is 1. The Morgan fingerprint density at radius 1 is 1.29 bits per heavy atom. The van der Waals surface area contributed by atoms with Crippen LogP contribution in [0.15, 0.2) is 34.7 Å². The van der Waals surface area contributed by atoms with Crippen molar-refractivity contribution in [1.29, 1.82) is 0 Å². The molecule has 2 N–H and O–H groups in total. The van der Waals surface area contributed by atoms with Crippen LogP contribution < -0.4 is 5.73 Å². The van der Waals surface area contributed by atoms with E-state index in [-0.39, 0.29) is 0 Å². The molecule has 0 unspecified atom stereocenters. The summed E-state index contributed by atoms with van der Waals surface area (Å²) in [4.78, 5) is 0. The summed E-state index contributed by atoms with van der Waals surface area (Å²) in [6, 6.07) is 9.83. The number of benzene rings is 1. The maximum Gasteiger partial charge on any atom is 0.203 e. The zero-order valence-electron chi connectivity index (χ0n) is 11.2. The molecule has 3 rings (SSSR count). The van der Waals surface area contributed by atoms with E-state index < -0.39 is 0 Å². The van der Waals surface area contributed by atoms with E-state index in [0.717, 1.165) is 21.3 Å². The zero-order chi connectivity index (χ0) is 14.8. The monoisotopic (exact) mass is 337 g/mol. The maximum atomic E-state index is 6.47. The van der Waals surface area contributed by atoms with Gasteiger partial charge in [0.15, 0.2) is 4.34 Å². The van der Waals surface area contributed by atoms with Gasteiger partial charge >= 0.3 is 0 Å². The molecule has 1 aromatic carbocycles. The summed E-state index contributed by atoms with van der Waals surface area (Å²) in [5.74, 6) is 0.687. The molecule has 0 bridgehead atoms. The molecule has 2 aromatic heterocycles. The second-order valence-electron chi connectivity index (χ2n) is 4.30. The average Bonchev–Trinajstić information content (AvgIpc) is 3.02. The first-order chi connectivity index (χ1) is 10.1. The van der Waals surface area contributed by atoms with Crippen LogP contribution in [0.2, 0.25) is 5.15 Å². The molecule has 8 heteroatoms. The predicted molar refractivity (Wildman–Crippen MR) is 87.2 cm³/mol. The predicted octanol–water partition coefficient (Wildman–Crippen LogP) is 3.56. The van der Waals surface area contributed by atoms with Gasteiger partial charge in [0.1, 0.15) is 5.15 Å². The molecule has 5 nitrogen and oxygen atoms in total. The highest BCUT2D eigenvalue weighted by Crippen LogP contribution is 2.32. The first-order valence-corrected chi connectivity index (χ1v) is 8.34. The van der Waals surface area contributed by atoms with E-state index in [1.807, 2.05) is 37.3 Å². The van der Waals surface area contributed by atoms with E-state index in [2.05, 4.69) is 15.3 Å². The number of para-hydroxylation sites is 1. The van der Waals surface area contributed by atoms with Crippen LogP contribution in [0.1, 0.15) is 11.3 Å². The number of nitrogens with zero attached hydrogens (tertiary/aromatic N) is 4. The molecule has 0 aliphatic heterocycles. The molecule has 0 amide bonds. The molecule has 0 spiro atoms. The molecule has 0 fully saturated rings. The molecular weight excluding hydrogens is 326 g/mol. The molecular formula is C13H12ClN5S2. The number of nitrogen functional groups attached to an aromatic ring is 1. The van der Waals surface area contributed by atoms with Gasteiger partial charge < -0.3 is 5.73 Å². The number of aromatic nitrogens is 4. The van der Waals surface area contributed by atoms with Crippen molar-refractivity contribution in [2.24, 2.45) is 0 Å². The summed E-state index contributed by atoms with van der Waals surface area (Å²) in [7, 11) is 0. The van der Waals surface area contributed by atoms with Crippen molar-refractivity contribution >= 4 is 39.8 Å². The SMILES string of the molecule is Cc1nn(-c2ccccc2)c(Cl)c1CSc1nnc(N)s1. The summed E-state index contributed by atoms with van der Waals surface area (Å²) in [5, 5.41) is 13.4. The third kappa shape index (κ3) is 3.04. The maximum absolute atomic E-state index is 6.47. The van der Waals surface area contributed by atoms with E-state index in [9.17, 15) is 0 Å². The minimum Gasteiger partial charge on any atom is -0.374 e. The number of anilines is 1. The number of thioether (sulfide) groups is 1. The highest BCUT2D eigenvalue weighted by Gasteiger charge is 2.15. The van der Waals surface area contributed by atoms with Gasteiger partial charge in [0.05, 0.1) is 11.4 Å². The summed E-state index contributed by atoms with van der Waals surface area (Å²) >= 11 is 9.39. The normalized spacial score (nSPS) is 11.0. The molecule has 2 heterocycles. The fraction of sp³-hybridized carbons (Fsp3) is 0.154. The van der Waals surface area contributed by atoms with Gasteiger partial charge in [-0.15, -0.1) is 10.2 Å². The van der Waals surface area contributed by atoms with Gasteiger partial charge in [-0.2, -0.15) is 5.10 Å². The number of rotatable bonds is 4. The Hall–Kier alpha value is -1.57. The van der Waals surface area contributed by atoms with Crippen LogP contribution >= 0.6 is 34.7 Å². The van der Waals surface area contributed by atoms with Crippen molar-refractivity contribution < 1.29 is 0 Å². The lowest BCUT2D eigenvalue weighted by atomic mass is 10.3. The van der Waals surface area contributed by atoms with Gasteiger partial charge in [0.2, 0.25) is 5.13 Å². The largest absolute Gasteiger partial charge is 0.374 e. The number of nitrogens with two attached hydrogens (primary N) is 1. The first kappa shape index (κ1) is 14.4. The molecule has 21 heavy (non-hydrogen) atoms. The van der Waals surface area contributed by atoms with Crippen LogP contribution in [-0.4, -0.2) is 20.0 Å². The Morgan fingerprint density at radius 2 is 2.05 bits per heavy atom. The highest BCUT2D eigenvalue weighted by molar-refractivity contribution is 8.00. The minimum atomic E-state index is 0.472. The van der Waals surface area contributed by atoms with Crippen molar-refractivity contribution in [3.8, 4) is 5.69 Å². The Labute approximate surface area is 135 Å². The highest BCUT2D eigenvalue weighted by atomic mass is 35.5. The van der Waals surface area contributed by atoms with Crippen molar-refractivity contribution in [3.63, 3.8) is 0 Å². The van der Waals surface area contributed by atoms with E-state index in [1.54, 1.807) is 16.4 Å². The Morgan fingerprint density at radius 3 is 2.71 bits per heavy atom. The smallest absolute Gasteiger partial charge is 0.203 e. The fourth-order valence-corrected chi connectivity index (χ4v) is 3.99. The number of hydrogen-bond acceptors (Lipinski definition) is 6. The lowest BCUT2D eigenvalue weighted by molar-refractivity contribution is 0.863. The van der Waals surface area contributed by atoms with Crippen molar-refractivity contribution in [1.82, 2.24) is 20.0 Å².